The first-order chi connectivity index (χ1) is 11.1. The van der Waals surface area contributed by atoms with Gasteiger partial charge in [-0.2, -0.15) is 0 Å². The number of aryl methyl sites for hydroxylation is 4. The molecule has 0 atom stereocenters. The Kier molecular flexibility index (Phi) is 13.8. The summed E-state index contributed by atoms with van der Waals surface area (Å²) in [6, 6.07) is 0. The first kappa shape index (κ1) is 23.6. The van der Waals surface area contributed by atoms with Gasteiger partial charge in [-0.15, -0.1) is 0 Å². The van der Waals surface area contributed by atoms with Crippen LogP contribution in [0, 0.1) is 0 Å². The van der Waals surface area contributed by atoms with Crippen LogP contribution in [0.1, 0.15) is 26.7 Å². The first-order valence-electron chi connectivity index (χ1n) is 7.46. The van der Waals surface area contributed by atoms with E-state index in [1.165, 1.54) is 13.8 Å². The van der Waals surface area contributed by atoms with Gasteiger partial charge in [0.25, 0.3) is 0 Å². The molecule has 24 heavy (non-hydrogen) atoms. The fourth-order valence-electron chi connectivity index (χ4n) is 1.15. The van der Waals surface area contributed by atoms with Crippen LogP contribution in [0.4, 0.5) is 0 Å². The third-order valence-electron chi connectivity index (χ3n) is 2.38. The van der Waals surface area contributed by atoms with Gasteiger partial charge in [0.05, 0.1) is 28.2 Å². The number of aromatic nitrogens is 4. The molecule has 0 saturated heterocycles. The van der Waals surface area contributed by atoms with Crippen molar-refractivity contribution in [3.63, 3.8) is 0 Å². The van der Waals surface area contributed by atoms with Gasteiger partial charge < -0.3 is 19.8 Å². The van der Waals surface area contributed by atoms with Crippen molar-refractivity contribution in [1.29, 1.82) is 0 Å². The van der Waals surface area contributed by atoms with Crippen molar-refractivity contribution in [3.05, 3.63) is 37.4 Å². The molecule has 0 aromatic carbocycles. The van der Waals surface area contributed by atoms with Crippen molar-refractivity contribution < 1.29 is 28.9 Å². The van der Waals surface area contributed by atoms with E-state index in [2.05, 4.69) is 0 Å². The molecule has 0 amide bonds. The van der Waals surface area contributed by atoms with Crippen molar-refractivity contribution >= 4 is 11.9 Å². The van der Waals surface area contributed by atoms with Crippen molar-refractivity contribution in [3.8, 4) is 0 Å². The molecule has 0 aliphatic heterocycles. The lowest BCUT2D eigenvalue weighted by Crippen LogP contribution is -2.23. The molecule has 0 aliphatic rings. The summed E-state index contributed by atoms with van der Waals surface area (Å²) in [4.78, 5) is 18.5. The van der Waals surface area contributed by atoms with E-state index in [-0.39, 0.29) is 12.8 Å². The van der Waals surface area contributed by atoms with Crippen LogP contribution in [0.2, 0.25) is 0 Å². The third kappa shape index (κ3) is 17.4. The van der Waals surface area contributed by atoms with Crippen molar-refractivity contribution in [2.75, 3.05) is 0 Å². The highest BCUT2D eigenvalue weighted by molar-refractivity contribution is 5.63. The van der Waals surface area contributed by atoms with E-state index in [9.17, 15) is 19.8 Å². The third-order valence-corrected chi connectivity index (χ3v) is 2.38. The molecule has 0 aliphatic carbocycles. The highest BCUT2D eigenvalue weighted by Gasteiger charge is 1.88. The van der Waals surface area contributed by atoms with E-state index in [1.807, 2.05) is 83.9 Å². The number of hydrogen-bond donors (Lipinski definition) is 0. The number of carboxylic acid groups (broad SMARTS) is 2. The van der Waals surface area contributed by atoms with E-state index >= 15 is 0 Å². The zero-order chi connectivity index (χ0) is 19.1. The Hall–Kier alpha value is -2.64. The Morgan fingerprint density at radius 2 is 1.08 bits per heavy atom. The maximum Gasteiger partial charge on any atom is 0.243 e. The Balaban J connectivity index is 0. The van der Waals surface area contributed by atoms with Crippen LogP contribution in [0.5, 0.6) is 0 Å². The number of nitrogens with zero attached hydrogens (tertiary/aromatic N) is 4. The van der Waals surface area contributed by atoms with E-state index in [4.69, 9.17) is 0 Å². The number of imidazole rings is 2. The monoisotopic (exact) mass is 340 g/mol. The van der Waals surface area contributed by atoms with Crippen molar-refractivity contribution in [2.24, 2.45) is 28.2 Å². The maximum absolute atomic E-state index is 9.26. The van der Waals surface area contributed by atoms with Crippen LogP contribution in [-0.4, -0.2) is 21.1 Å². The summed E-state index contributed by atoms with van der Waals surface area (Å²) >= 11 is 0. The van der Waals surface area contributed by atoms with Gasteiger partial charge in [-0.1, -0.05) is 13.8 Å². The van der Waals surface area contributed by atoms with Gasteiger partial charge >= 0.3 is 0 Å². The number of rotatable bonds is 2. The van der Waals surface area contributed by atoms with Crippen LogP contribution in [0.25, 0.3) is 0 Å². The minimum Gasteiger partial charge on any atom is -0.550 e. The van der Waals surface area contributed by atoms with Gasteiger partial charge in [0.15, 0.2) is 0 Å². The molecule has 0 fully saturated rings. The average molecular weight is 340 g/mol. The lowest BCUT2D eigenvalue weighted by molar-refractivity contribution is -0.671. The summed E-state index contributed by atoms with van der Waals surface area (Å²) in [5, 5.41) is 18.5. The Morgan fingerprint density at radius 1 is 0.833 bits per heavy atom. The number of carbonyl (C=O) groups excluding carboxylic acids is 2. The maximum atomic E-state index is 9.26. The molecule has 8 heteroatoms. The summed E-state index contributed by atoms with van der Waals surface area (Å²) in [7, 11) is 8.00. The van der Waals surface area contributed by atoms with Gasteiger partial charge in [-0.05, 0) is 12.8 Å². The zero-order valence-electron chi connectivity index (χ0n) is 15.3. The average Bonchev–Trinajstić information content (AvgIpc) is 3.08. The van der Waals surface area contributed by atoms with Gasteiger partial charge in [-0.25, -0.2) is 18.3 Å². The van der Waals surface area contributed by atoms with Crippen LogP contribution in [-0.2, 0) is 37.8 Å². The molecular weight excluding hydrogens is 312 g/mol. The van der Waals surface area contributed by atoms with Crippen molar-refractivity contribution in [2.45, 2.75) is 26.7 Å². The smallest absolute Gasteiger partial charge is 0.243 e. The molecule has 2 heterocycles. The fraction of sp³-hybridized carbons (Fsp3) is 0.500. The summed E-state index contributed by atoms with van der Waals surface area (Å²) < 4.78 is 8.00. The highest BCUT2D eigenvalue weighted by Crippen LogP contribution is 1.71. The van der Waals surface area contributed by atoms with Gasteiger partial charge in [0.2, 0.25) is 12.7 Å². The second kappa shape index (κ2) is 14.0. The molecule has 2 aromatic heterocycles. The standard InChI is InChI=1S/2C5H9N2.2C3H6O2/c2*1-6-3-4-7(2)5-6;2*1-2-3(4)5/h2*3-5H,1-2H3;2*2H2,1H3,(H,4,5)/q2*+1;;/p-2. The second-order valence-electron chi connectivity index (χ2n) is 4.94. The summed E-state index contributed by atoms with van der Waals surface area (Å²) in [5.41, 5.74) is 0. The molecule has 136 valence electrons. The Morgan fingerprint density at radius 3 is 1.12 bits per heavy atom. The largest absolute Gasteiger partial charge is 0.550 e. The minimum atomic E-state index is -0.995. The minimum absolute atomic E-state index is 0.111. The van der Waals surface area contributed by atoms with Crippen LogP contribution < -0.4 is 19.3 Å². The van der Waals surface area contributed by atoms with Gasteiger partial charge in [0.1, 0.15) is 24.8 Å². The first-order valence-corrected chi connectivity index (χ1v) is 7.46. The quantitative estimate of drug-likeness (QED) is 0.590. The summed E-state index contributed by atoms with van der Waals surface area (Å²) in [6.07, 6.45) is 12.2. The predicted molar refractivity (Wildman–Crippen MR) is 83.8 cm³/mol. The number of aliphatic carboxylic acids is 2. The summed E-state index contributed by atoms with van der Waals surface area (Å²) in [6.45, 7) is 3.07. The topological polar surface area (TPSA) is 97.9 Å². The Labute approximate surface area is 143 Å². The molecule has 8 nitrogen and oxygen atoms in total. The predicted octanol–water partition coefficient (Wildman–Crippen LogP) is -2.01. The fourth-order valence-corrected chi connectivity index (χ4v) is 1.15. The lowest BCUT2D eigenvalue weighted by Gasteiger charge is -1.87. The normalized spacial score (nSPS) is 8.58. The van der Waals surface area contributed by atoms with E-state index in [1.54, 1.807) is 0 Å². The van der Waals surface area contributed by atoms with Crippen LogP contribution in [0.3, 0.4) is 0 Å². The lowest BCUT2D eigenvalue weighted by atomic mass is 10.5. The molecular formula is C16H28N4O4. The van der Waals surface area contributed by atoms with Crippen LogP contribution >= 0.6 is 0 Å². The molecule has 0 N–H and O–H groups in total. The number of carbonyl (C=O) groups is 2. The molecule has 0 unspecified atom stereocenters. The van der Waals surface area contributed by atoms with Gasteiger partial charge in [-0.3, -0.25) is 0 Å². The summed E-state index contributed by atoms with van der Waals surface area (Å²) in [5.74, 6) is -1.99. The molecule has 2 rings (SSSR count). The Bertz CT molecular complexity index is 505. The number of hydrogen-bond acceptors (Lipinski definition) is 4. The van der Waals surface area contributed by atoms with E-state index in [0.29, 0.717) is 0 Å². The van der Waals surface area contributed by atoms with E-state index in [0.717, 1.165) is 0 Å². The van der Waals surface area contributed by atoms with Crippen LogP contribution in [0.15, 0.2) is 37.4 Å². The SMILES string of the molecule is CCC(=O)[O-].CCC(=O)[O-].Cn1cc[n+](C)c1.Cn1cc[n+](C)c1. The molecule has 0 spiro atoms. The molecule has 0 bridgehead atoms. The van der Waals surface area contributed by atoms with Crippen molar-refractivity contribution in [1.82, 2.24) is 9.13 Å². The zero-order valence-corrected chi connectivity index (χ0v) is 15.3. The van der Waals surface area contributed by atoms with E-state index < -0.39 is 11.9 Å². The molecule has 2 aromatic rings. The van der Waals surface area contributed by atoms with Gasteiger partial charge in [0, 0.05) is 11.9 Å². The number of carboxylic acids is 2. The second-order valence-corrected chi connectivity index (χ2v) is 4.94. The highest BCUT2D eigenvalue weighted by atomic mass is 16.4. The molecule has 0 saturated carbocycles. The molecule has 0 radical (unpaired) electrons.